The minimum atomic E-state index is -2.71. The van der Waals surface area contributed by atoms with Crippen LogP contribution in [0.5, 0.6) is 0 Å². The van der Waals surface area contributed by atoms with Crippen LogP contribution in [0.2, 0.25) is 0 Å². The first-order valence-electron chi connectivity index (χ1n) is 9.76. The van der Waals surface area contributed by atoms with Gasteiger partial charge in [0, 0.05) is 36.3 Å². The first-order valence-corrected chi connectivity index (χ1v) is 9.76. The van der Waals surface area contributed by atoms with Crippen LogP contribution < -0.4 is 10.5 Å². The predicted molar refractivity (Wildman–Crippen MR) is 107 cm³/mol. The monoisotopic (exact) mass is 399 g/mol. The van der Waals surface area contributed by atoms with E-state index in [1.54, 1.807) is 30.0 Å². The summed E-state index contributed by atoms with van der Waals surface area (Å²) in [6.45, 7) is 5.64. The van der Waals surface area contributed by atoms with Gasteiger partial charge in [-0.1, -0.05) is 12.1 Å². The summed E-state index contributed by atoms with van der Waals surface area (Å²) in [5, 5.41) is 0.782. The molecule has 1 aliphatic heterocycles. The molecule has 0 N–H and O–H groups in total. The molecule has 0 saturated carbocycles. The van der Waals surface area contributed by atoms with Crippen LogP contribution in [0.25, 0.3) is 10.9 Å². The van der Waals surface area contributed by atoms with Gasteiger partial charge in [-0.3, -0.25) is 9.36 Å². The Balaban J connectivity index is 1.53. The van der Waals surface area contributed by atoms with E-state index in [9.17, 15) is 13.6 Å². The molecular formula is C21H23F2N5O. The average Bonchev–Trinajstić information content (AvgIpc) is 2.74. The molecule has 3 heterocycles. The van der Waals surface area contributed by atoms with Crippen molar-refractivity contribution in [2.75, 3.05) is 18.0 Å². The molecule has 3 aromatic rings. The Hall–Kier alpha value is -2.90. The third-order valence-corrected chi connectivity index (χ3v) is 5.68. The van der Waals surface area contributed by atoms with Crippen molar-refractivity contribution in [2.45, 2.75) is 39.7 Å². The smallest absolute Gasteiger partial charge is 0.297 e. The van der Waals surface area contributed by atoms with Crippen LogP contribution >= 0.6 is 0 Å². The first kappa shape index (κ1) is 19.4. The van der Waals surface area contributed by atoms with Crippen LogP contribution in [0.3, 0.4) is 0 Å². The summed E-state index contributed by atoms with van der Waals surface area (Å²) in [5.74, 6) is 0.457. The highest BCUT2D eigenvalue weighted by Crippen LogP contribution is 2.30. The minimum absolute atomic E-state index is 0.00305. The highest BCUT2D eigenvalue weighted by atomic mass is 19.3. The van der Waals surface area contributed by atoms with E-state index >= 15 is 0 Å². The van der Waals surface area contributed by atoms with E-state index in [-0.39, 0.29) is 5.56 Å². The molecule has 0 unspecified atom stereocenters. The zero-order valence-electron chi connectivity index (χ0n) is 16.5. The van der Waals surface area contributed by atoms with Crippen LogP contribution in [0.1, 0.15) is 36.3 Å². The Bertz CT molecular complexity index is 1090. The van der Waals surface area contributed by atoms with Gasteiger partial charge in [-0.25, -0.2) is 23.7 Å². The summed E-state index contributed by atoms with van der Waals surface area (Å²) in [6, 6.07) is 7.25. The quantitative estimate of drug-likeness (QED) is 0.670. The number of nitrogens with zero attached hydrogens (tertiary/aromatic N) is 5. The number of benzene rings is 1. The second-order valence-electron chi connectivity index (χ2n) is 7.57. The Morgan fingerprint density at radius 1 is 1.14 bits per heavy atom. The number of fused-ring (bicyclic) bond motifs is 1. The molecule has 6 nitrogen and oxygen atoms in total. The maximum atomic E-state index is 13.3. The number of alkyl halides is 2. The second kappa shape index (κ2) is 7.85. The van der Waals surface area contributed by atoms with Crippen LogP contribution in [-0.2, 0) is 6.54 Å². The molecule has 2 aromatic heterocycles. The Labute approximate surface area is 167 Å². The van der Waals surface area contributed by atoms with Gasteiger partial charge >= 0.3 is 0 Å². The summed E-state index contributed by atoms with van der Waals surface area (Å²) in [6.07, 6.45) is 0.605. The molecule has 0 bridgehead atoms. The average molecular weight is 399 g/mol. The van der Waals surface area contributed by atoms with E-state index in [4.69, 9.17) is 0 Å². The number of aryl methyl sites for hydroxylation is 1. The fraction of sp³-hybridized carbons (Fsp3) is 0.429. The standard InChI is InChI=1S/C21H23F2N5O/c1-13-14(2)24-12-28(21(13)29)11-15-7-9-27(10-8-15)20-16-5-3-4-6-17(16)25-19(26-20)18(22)23/h3-6,12,15,18H,7-11H2,1-2H3. The van der Waals surface area contributed by atoms with Crippen molar-refractivity contribution < 1.29 is 8.78 Å². The number of hydrogen-bond donors (Lipinski definition) is 0. The lowest BCUT2D eigenvalue weighted by Gasteiger charge is -2.33. The molecule has 1 aliphatic rings. The normalized spacial score (nSPS) is 15.4. The number of halogens is 2. The SMILES string of the molecule is Cc1ncn(CC2CCN(c3nc(C(F)F)nc4ccccc34)CC2)c(=O)c1C. The Morgan fingerprint density at radius 2 is 1.86 bits per heavy atom. The van der Waals surface area contributed by atoms with Crippen molar-refractivity contribution in [1.29, 1.82) is 0 Å². The van der Waals surface area contributed by atoms with Crippen LogP contribution in [0.4, 0.5) is 14.6 Å². The summed E-state index contributed by atoms with van der Waals surface area (Å²) in [7, 11) is 0. The molecule has 0 radical (unpaired) electrons. The molecule has 152 valence electrons. The number of rotatable bonds is 4. The lowest BCUT2D eigenvalue weighted by molar-refractivity contribution is 0.141. The van der Waals surface area contributed by atoms with Gasteiger partial charge in [0.05, 0.1) is 11.8 Å². The van der Waals surface area contributed by atoms with E-state index in [0.29, 0.717) is 42.5 Å². The van der Waals surface area contributed by atoms with Crippen molar-refractivity contribution in [3.63, 3.8) is 0 Å². The number of piperidine rings is 1. The zero-order valence-corrected chi connectivity index (χ0v) is 16.5. The molecule has 0 amide bonds. The summed E-state index contributed by atoms with van der Waals surface area (Å²) < 4.78 is 28.2. The van der Waals surface area contributed by atoms with Gasteiger partial charge in [-0.05, 0) is 44.7 Å². The van der Waals surface area contributed by atoms with Gasteiger partial charge in [0.1, 0.15) is 5.82 Å². The van der Waals surface area contributed by atoms with Gasteiger partial charge in [-0.15, -0.1) is 0 Å². The van der Waals surface area contributed by atoms with E-state index in [1.165, 1.54) is 0 Å². The van der Waals surface area contributed by atoms with Gasteiger partial charge < -0.3 is 4.90 Å². The van der Waals surface area contributed by atoms with E-state index in [0.717, 1.165) is 23.9 Å². The zero-order chi connectivity index (χ0) is 20.5. The summed E-state index contributed by atoms with van der Waals surface area (Å²) >= 11 is 0. The van der Waals surface area contributed by atoms with Gasteiger partial charge in [0.25, 0.3) is 12.0 Å². The predicted octanol–water partition coefficient (Wildman–Crippen LogP) is 3.66. The molecule has 8 heteroatoms. The highest BCUT2D eigenvalue weighted by Gasteiger charge is 2.24. The van der Waals surface area contributed by atoms with E-state index in [1.807, 2.05) is 24.0 Å². The molecule has 1 saturated heterocycles. The summed E-state index contributed by atoms with van der Waals surface area (Å²) in [4.78, 5) is 26.9. The third kappa shape index (κ3) is 3.83. The molecule has 0 atom stereocenters. The van der Waals surface area contributed by atoms with Gasteiger partial charge in [-0.2, -0.15) is 0 Å². The highest BCUT2D eigenvalue weighted by molar-refractivity contribution is 5.89. The maximum Gasteiger partial charge on any atom is 0.297 e. The molecule has 0 aliphatic carbocycles. The fourth-order valence-corrected chi connectivity index (χ4v) is 3.83. The molecular weight excluding hydrogens is 376 g/mol. The lowest BCUT2D eigenvalue weighted by Crippen LogP contribution is -2.37. The summed E-state index contributed by atoms with van der Waals surface area (Å²) in [5.41, 5.74) is 1.97. The van der Waals surface area contributed by atoms with E-state index in [2.05, 4.69) is 15.0 Å². The molecule has 1 fully saturated rings. The fourth-order valence-electron chi connectivity index (χ4n) is 3.83. The van der Waals surface area contributed by atoms with Gasteiger partial charge in [0.2, 0.25) is 0 Å². The number of hydrogen-bond acceptors (Lipinski definition) is 5. The van der Waals surface area contributed by atoms with Gasteiger partial charge in [0.15, 0.2) is 5.82 Å². The van der Waals surface area contributed by atoms with E-state index < -0.39 is 12.2 Å². The van der Waals surface area contributed by atoms with Crippen LogP contribution in [0.15, 0.2) is 35.4 Å². The van der Waals surface area contributed by atoms with Crippen molar-refractivity contribution in [3.8, 4) is 0 Å². The van der Waals surface area contributed by atoms with Crippen molar-refractivity contribution in [3.05, 3.63) is 58.0 Å². The third-order valence-electron chi connectivity index (χ3n) is 5.68. The molecule has 0 spiro atoms. The maximum absolute atomic E-state index is 13.3. The lowest BCUT2D eigenvalue weighted by atomic mass is 9.96. The minimum Gasteiger partial charge on any atom is -0.356 e. The Morgan fingerprint density at radius 3 is 2.59 bits per heavy atom. The first-order chi connectivity index (χ1) is 13.9. The topological polar surface area (TPSA) is 63.9 Å². The molecule has 1 aromatic carbocycles. The van der Waals surface area contributed by atoms with Crippen molar-refractivity contribution >= 4 is 16.7 Å². The number of aromatic nitrogens is 4. The van der Waals surface area contributed by atoms with Crippen LogP contribution in [0, 0.1) is 19.8 Å². The van der Waals surface area contributed by atoms with Crippen molar-refractivity contribution in [2.24, 2.45) is 5.92 Å². The largest absolute Gasteiger partial charge is 0.356 e. The van der Waals surface area contributed by atoms with Crippen LogP contribution in [-0.4, -0.2) is 32.6 Å². The number of anilines is 1. The second-order valence-corrected chi connectivity index (χ2v) is 7.57. The van der Waals surface area contributed by atoms with Crippen molar-refractivity contribution in [1.82, 2.24) is 19.5 Å². The molecule has 29 heavy (non-hydrogen) atoms. The number of para-hydroxylation sites is 1. The Kier molecular flexibility index (Phi) is 5.25. The molecule has 4 rings (SSSR count).